The normalized spacial score (nSPS) is 30.5. The number of rotatable bonds is 11. The number of hydrogen-bond acceptors (Lipinski definition) is 8. The van der Waals surface area contributed by atoms with Gasteiger partial charge in [-0.3, -0.25) is 4.79 Å². The highest BCUT2D eigenvalue weighted by Crippen LogP contribution is 2.30. The Hall–Kier alpha value is -1.30. The molecule has 0 saturated carbocycles. The quantitative estimate of drug-likeness (QED) is 0.205. The van der Waals surface area contributed by atoms with Gasteiger partial charge >= 0.3 is 5.97 Å². The first kappa shape index (κ1) is 23.7. The summed E-state index contributed by atoms with van der Waals surface area (Å²) in [6.45, 7) is 1.21. The highest BCUT2D eigenvalue weighted by Gasteiger charge is 2.53. The second-order valence-electron chi connectivity index (χ2n) is 6.94. The van der Waals surface area contributed by atoms with Gasteiger partial charge < -0.3 is 40.7 Å². The molecule has 27 heavy (non-hydrogen) atoms. The summed E-state index contributed by atoms with van der Waals surface area (Å²) in [6, 6.07) is -1.26. The van der Waals surface area contributed by atoms with Crippen LogP contribution in [0.1, 0.15) is 51.9 Å². The summed E-state index contributed by atoms with van der Waals surface area (Å²) < 4.78 is 5.02. The molecule has 1 saturated heterocycles. The van der Waals surface area contributed by atoms with Crippen molar-refractivity contribution >= 4 is 11.9 Å². The van der Waals surface area contributed by atoms with Crippen LogP contribution in [0.5, 0.6) is 0 Å². The van der Waals surface area contributed by atoms with Gasteiger partial charge in [0.2, 0.25) is 5.91 Å². The van der Waals surface area contributed by atoms with Gasteiger partial charge in [0.25, 0.3) is 5.79 Å². The maximum absolute atomic E-state index is 12.1. The average molecular weight is 393 g/mol. The van der Waals surface area contributed by atoms with Crippen LogP contribution in [0, 0.1) is 0 Å². The second-order valence-corrected chi connectivity index (χ2v) is 6.94. The molecule has 0 unspecified atom stereocenters. The minimum absolute atomic E-state index is 0.168. The molecule has 0 aliphatic carbocycles. The van der Waals surface area contributed by atoms with Gasteiger partial charge in [0.1, 0.15) is 18.3 Å². The molecule has 10 heteroatoms. The van der Waals surface area contributed by atoms with E-state index in [0.717, 1.165) is 25.7 Å². The molecule has 0 aromatic rings. The Bertz CT molecular complexity index is 489. The number of carbonyl (C=O) groups is 2. The molecule has 0 aromatic heterocycles. The molecule has 1 aliphatic heterocycles. The molecule has 0 aromatic carbocycles. The zero-order valence-corrected chi connectivity index (χ0v) is 15.5. The van der Waals surface area contributed by atoms with Crippen molar-refractivity contribution in [3.8, 4) is 0 Å². The van der Waals surface area contributed by atoms with Crippen LogP contribution in [0.25, 0.3) is 0 Å². The number of amides is 1. The molecule has 1 fully saturated rings. The van der Waals surface area contributed by atoms with Crippen molar-refractivity contribution in [2.45, 2.75) is 88.1 Å². The summed E-state index contributed by atoms with van der Waals surface area (Å²) in [5, 5.41) is 60.6. The smallest absolute Gasteiger partial charge is 0.364 e. The Morgan fingerprint density at radius 3 is 2.41 bits per heavy atom. The second kappa shape index (κ2) is 10.9. The molecule has 10 nitrogen and oxygen atoms in total. The number of aliphatic carboxylic acids is 1. The zero-order chi connectivity index (χ0) is 20.6. The van der Waals surface area contributed by atoms with Gasteiger partial charge in [0.15, 0.2) is 0 Å². The monoisotopic (exact) mass is 393 g/mol. The third kappa shape index (κ3) is 6.66. The molecule has 1 amide bonds. The third-order valence-corrected chi connectivity index (χ3v) is 4.67. The van der Waals surface area contributed by atoms with E-state index >= 15 is 0 Å². The molecule has 1 rings (SSSR count). The predicted octanol–water partition coefficient (Wildman–Crippen LogP) is -1.53. The lowest BCUT2D eigenvalue weighted by Crippen LogP contribution is -2.67. The number of nitrogens with one attached hydrogen (secondary N) is 1. The van der Waals surface area contributed by atoms with Crippen LogP contribution in [-0.4, -0.2) is 85.4 Å². The van der Waals surface area contributed by atoms with Crippen LogP contribution in [0.2, 0.25) is 0 Å². The minimum Gasteiger partial charge on any atom is -0.477 e. The first-order valence-corrected chi connectivity index (χ1v) is 9.24. The summed E-state index contributed by atoms with van der Waals surface area (Å²) in [6.07, 6.45) is -2.69. The number of carboxylic acids is 1. The lowest BCUT2D eigenvalue weighted by molar-refractivity contribution is -0.295. The van der Waals surface area contributed by atoms with Crippen LogP contribution < -0.4 is 5.32 Å². The molecule has 0 spiro atoms. The maximum Gasteiger partial charge on any atom is 0.364 e. The van der Waals surface area contributed by atoms with Crippen molar-refractivity contribution in [2.24, 2.45) is 0 Å². The van der Waals surface area contributed by atoms with Crippen molar-refractivity contribution in [2.75, 3.05) is 6.61 Å². The van der Waals surface area contributed by atoms with Crippen LogP contribution in [-0.2, 0) is 14.3 Å². The number of ether oxygens (including phenoxy) is 1. The number of carbonyl (C=O) groups excluding carboxylic acids is 1. The van der Waals surface area contributed by atoms with E-state index in [1.165, 1.54) is 0 Å². The molecule has 0 bridgehead atoms. The van der Waals surface area contributed by atoms with E-state index in [9.17, 15) is 30.0 Å². The standard InChI is InChI=1S/C17H31NO9/c1-2-3-4-5-6-7-12(22)18-13-10(20)8-17(26,16(24)25)27-15(13)14(23)11(21)9-19/h10-11,13-15,19-21,23,26H,2-9H2,1H3,(H,18,22)(H,24,25)/t10-,11+,13+,14+,15+,17+/m0/s1. The van der Waals surface area contributed by atoms with E-state index in [-0.39, 0.29) is 6.42 Å². The number of hydrogen-bond donors (Lipinski definition) is 7. The fraction of sp³-hybridized carbons (Fsp3) is 0.882. The molecular weight excluding hydrogens is 362 g/mol. The summed E-state index contributed by atoms with van der Waals surface area (Å²) in [5.41, 5.74) is 0. The lowest BCUT2D eigenvalue weighted by atomic mass is 9.88. The van der Waals surface area contributed by atoms with Gasteiger partial charge in [-0.1, -0.05) is 32.6 Å². The van der Waals surface area contributed by atoms with Crippen molar-refractivity contribution in [1.82, 2.24) is 5.32 Å². The van der Waals surface area contributed by atoms with E-state index in [2.05, 4.69) is 12.2 Å². The Morgan fingerprint density at radius 2 is 1.85 bits per heavy atom. The number of carboxylic acid groups (broad SMARTS) is 1. The molecule has 1 aliphatic rings. The van der Waals surface area contributed by atoms with Crippen LogP contribution in [0.15, 0.2) is 0 Å². The fourth-order valence-electron chi connectivity index (χ4n) is 3.05. The lowest BCUT2D eigenvalue weighted by Gasteiger charge is -2.44. The summed E-state index contributed by atoms with van der Waals surface area (Å²) >= 11 is 0. The average Bonchev–Trinajstić information content (AvgIpc) is 2.62. The van der Waals surface area contributed by atoms with Crippen LogP contribution in [0.3, 0.4) is 0 Å². The molecular formula is C17H31NO9. The largest absolute Gasteiger partial charge is 0.477 e. The zero-order valence-electron chi connectivity index (χ0n) is 15.5. The summed E-state index contributed by atoms with van der Waals surface area (Å²) in [5.74, 6) is -5.00. The maximum atomic E-state index is 12.1. The molecule has 1 heterocycles. The van der Waals surface area contributed by atoms with E-state index < -0.39 is 61.1 Å². The SMILES string of the molecule is CCCCCCCC(=O)N[C@H]1[C@H]([C@H](O)[C@H](O)CO)O[C@@](O)(C(=O)O)C[C@@H]1O. The van der Waals surface area contributed by atoms with E-state index in [1.54, 1.807) is 0 Å². The van der Waals surface area contributed by atoms with Crippen molar-refractivity contribution in [3.63, 3.8) is 0 Å². The highest BCUT2D eigenvalue weighted by atomic mass is 16.7. The van der Waals surface area contributed by atoms with Gasteiger partial charge in [0.05, 0.1) is 18.8 Å². The van der Waals surface area contributed by atoms with Crippen LogP contribution in [0.4, 0.5) is 0 Å². The Kier molecular flexibility index (Phi) is 9.57. The third-order valence-electron chi connectivity index (χ3n) is 4.67. The van der Waals surface area contributed by atoms with Gasteiger partial charge in [0, 0.05) is 12.8 Å². The van der Waals surface area contributed by atoms with E-state index in [4.69, 9.17) is 14.9 Å². The summed E-state index contributed by atoms with van der Waals surface area (Å²) in [4.78, 5) is 23.4. The van der Waals surface area contributed by atoms with Crippen LogP contribution >= 0.6 is 0 Å². The number of unbranched alkanes of at least 4 members (excludes halogenated alkanes) is 4. The van der Waals surface area contributed by atoms with Crippen molar-refractivity contribution < 1.29 is 45.0 Å². The van der Waals surface area contributed by atoms with Crippen molar-refractivity contribution in [3.05, 3.63) is 0 Å². The Morgan fingerprint density at radius 1 is 1.22 bits per heavy atom. The first-order chi connectivity index (χ1) is 12.7. The number of aliphatic hydroxyl groups is 5. The number of aliphatic hydroxyl groups excluding tert-OH is 4. The molecule has 0 radical (unpaired) electrons. The first-order valence-electron chi connectivity index (χ1n) is 9.24. The van der Waals surface area contributed by atoms with Gasteiger partial charge in [-0.15, -0.1) is 0 Å². The topological polar surface area (TPSA) is 177 Å². The minimum atomic E-state index is -2.79. The Balaban J connectivity index is 2.81. The predicted molar refractivity (Wildman–Crippen MR) is 92.5 cm³/mol. The Labute approximate surface area is 157 Å². The van der Waals surface area contributed by atoms with E-state index in [0.29, 0.717) is 6.42 Å². The summed E-state index contributed by atoms with van der Waals surface area (Å²) in [7, 11) is 0. The molecule has 7 N–H and O–H groups in total. The molecule has 6 atom stereocenters. The molecule has 158 valence electrons. The van der Waals surface area contributed by atoms with E-state index in [1.807, 2.05) is 0 Å². The fourth-order valence-corrected chi connectivity index (χ4v) is 3.05. The van der Waals surface area contributed by atoms with Crippen molar-refractivity contribution in [1.29, 1.82) is 0 Å². The highest BCUT2D eigenvalue weighted by molar-refractivity contribution is 5.77. The van der Waals surface area contributed by atoms with Gasteiger partial charge in [-0.05, 0) is 6.42 Å². The van der Waals surface area contributed by atoms with Gasteiger partial charge in [-0.25, -0.2) is 4.79 Å². The van der Waals surface area contributed by atoms with Gasteiger partial charge in [-0.2, -0.15) is 0 Å².